The molecule has 0 bridgehead atoms. The number of carboxylic acids is 1. The Hall–Kier alpha value is -2.71. The molecule has 0 amide bonds. The van der Waals surface area contributed by atoms with Gasteiger partial charge in [0, 0.05) is 19.2 Å². The normalized spacial score (nSPS) is 11.0. The molecular weight excluding hydrogens is 266 g/mol. The zero-order valence-electron chi connectivity index (χ0n) is 11.1. The third-order valence-corrected chi connectivity index (χ3v) is 2.79. The summed E-state index contributed by atoms with van der Waals surface area (Å²) in [7, 11) is 1.55. The van der Waals surface area contributed by atoms with Gasteiger partial charge in [0.25, 0.3) is 0 Å². The lowest BCUT2D eigenvalue weighted by Crippen LogP contribution is -2.06. The van der Waals surface area contributed by atoms with Gasteiger partial charge in [-0.25, -0.2) is 14.2 Å². The van der Waals surface area contributed by atoms with Crippen molar-refractivity contribution in [2.75, 3.05) is 0 Å². The van der Waals surface area contributed by atoms with Gasteiger partial charge in [0.15, 0.2) is 0 Å². The first-order chi connectivity index (χ1) is 9.32. The van der Waals surface area contributed by atoms with Gasteiger partial charge in [-0.3, -0.25) is 10.1 Å². The van der Waals surface area contributed by atoms with Crippen LogP contribution in [0.4, 0.5) is 5.69 Å². The molecule has 2 heterocycles. The standard InChI is InChI=1S/C11H13N5O4/c1-6(2)8-9(16(19)20)10(14(3)13-8)15-5-7(4-12-15)11(17)18/h4-6H,1-3H3,(H,17,18). The highest BCUT2D eigenvalue weighted by Gasteiger charge is 2.30. The van der Waals surface area contributed by atoms with Crippen molar-refractivity contribution >= 4 is 11.7 Å². The van der Waals surface area contributed by atoms with Gasteiger partial charge in [-0.1, -0.05) is 13.8 Å². The topological polar surface area (TPSA) is 116 Å². The van der Waals surface area contributed by atoms with Gasteiger partial charge < -0.3 is 5.11 Å². The fourth-order valence-corrected chi connectivity index (χ4v) is 1.89. The Morgan fingerprint density at radius 2 is 2.15 bits per heavy atom. The van der Waals surface area contributed by atoms with Crippen LogP contribution in [0.3, 0.4) is 0 Å². The fraction of sp³-hybridized carbons (Fsp3) is 0.364. The zero-order chi connectivity index (χ0) is 15.0. The van der Waals surface area contributed by atoms with Crippen LogP contribution in [0.2, 0.25) is 0 Å². The molecule has 2 rings (SSSR count). The molecule has 0 aliphatic rings. The summed E-state index contributed by atoms with van der Waals surface area (Å²) in [4.78, 5) is 21.6. The SMILES string of the molecule is CC(C)c1nn(C)c(-n2cc(C(=O)O)cn2)c1[N+](=O)[O-]. The quantitative estimate of drug-likeness (QED) is 0.666. The molecule has 0 spiro atoms. The van der Waals surface area contributed by atoms with Gasteiger partial charge >= 0.3 is 11.7 Å². The average Bonchev–Trinajstić information content (AvgIpc) is 2.92. The van der Waals surface area contributed by atoms with Gasteiger partial charge in [-0.05, 0) is 0 Å². The van der Waals surface area contributed by atoms with Crippen LogP contribution in [-0.4, -0.2) is 35.6 Å². The summed E-state index contributed by atoms with van der Waals surface area (Å²) in [6, 6.07) is 0. The van der Waals surface area contributed by atoms with Crippen molar-refractivity contribution in [2.24, 2.45) is 7.05 Å². The molecule has 9 heteroatoms. The lowest BCUT2D eigenvalue weighted by Gasteiger charge is -2.01. The summed E-state index contributed by atoms with van der Waals surface area (Å²) in [5.41, 5.74) is 0.119. The van der Waals surface area contributed by atoms with E-state index in [0.29, 0.717) is 5.69 Å². The molecular formula is C11H13N5O4. The van der Waals surface area contributed by atoms with Crippen LogP contribution < -0.4 is 0 Å². The second-order valence-electron chi connectivity index (χ2n) is 4.57. The van der Waals surface area contributed by atoms with E-state index in [-0.39, 0.29) is 23.0 Å². The summed E-state index contributed by atoms with van der Waals surface area (Å²) < 4.78 is 2.48. The van der Waals surface area contributed by atoms with Crippen LogP contribution in [0, 0.1) is 10.1 Å². The van der Waals surface area contributed by atoms with Crippen LogP contribution in [0.1, 0.15) is 35.8 Å². The molecule has 2 aromatic heterocycles. The van der Waals surface area contributed by atoms with Gasteiger partial charge in [-0.15, -0.1) is 0 Å². The van der Waals surface area contributed by atoms with Gasteiger partial charge in [0.1, 0.15) is 5.69 Å². The maximum atomic E-state index is 11.3. The predicted molar refractivity (Wildman–Crippen MR) is 68.0 cm³/mol. The number of rotatable bonds is 4. The predicted octanol–water partition coefficient (Wildman–Crippen LogP) is 1.34. The van der Waals surface area contributed by atoms with E-state index in [4.69, 9.17) is 5.11 Å². The number of aromatic carboxylic acids is 1. The molecule has 1 N–H and O–H groups in total. The molecule has 0 unspecified atom stereocenters. The van der Waals surface area contributed by atoms with Gasteiger partial charge in [0.05, 0.1) is 16.7 Å². The smallest absolute Gasteiger partial charge is 0.338 e. The van der Waals surface area contributed by atoms with Crippen LogP contribution in [-0.2, 0) is 7.05 Å². The Kier molecular flexibility index (Phi) is 3.26. The third-order valence-electron chi connectivity index (χ3n) is 2.79. The minimum absolute atomic E-state index is 0.0494. The van der Waals surface area contributed by atoms with Crippen LogP contribution in [0.25, 0.3) is 5.82 Å². The van der Waals surface area contributed by atoms with Crippen molar-refractivity contribution in [3.8, 4) is 5.82 Å². The number of nitro groups is 1. The summed E-state index contributed by atoms with van der Waals surface area (Å²) in [6.45, 7) is 3.59. The number of carbonyl (C=O) groups is 1. The van der Waals surface area contributed by atoms with Crippen molar-refractivity contribution in [3.05, 3.63) is 33.8 Å². The summed E-state index contributed by atoms with van der Waals surface area (Å²) in [5, 5.41) is 28.1. The van der Waals surface area contributed by atoms with E-state index in [1.54, 1.807) is 20.9 Å². The Bertz CT molecular complexity index is 685. The fourth-order valence-electron chi connectivity index (χ4n) is 1.89. The average molecular weight is 279 g/mol. The number of nitrogens with zero attached hydrogens (tertiary/aromatic N) is 5. The van der Waals surface area contributed by atoms with Crippen molar-refractivity contribution in [3.63, 3.8) is 0 Å². The molecule has 9 nitrogen and oxygen atoms in total. The highest BCUT2D eigenvalue weighted by atomic mass is 16.6. The Labute approximate surface area is 113 Å². The molecule has 20 heavy (non-hydrogen) atoms. The van der Waals surface area contributed by atoms with Crippen molar-refractivity contribution in [1.29, 1.82) is 0 Å². The van der Waals surface area contributed by atoms with E-state index >= 15 is 0 Å². The van der Waals surface area contributed by atoms with E-state index < -0.39 is 10.9 Å². The number of aryl methyl sites for hydroxylation is 1. The molecule has 2 aromatic rings. The minimum Gasteiger partial charge on any atom is -0.478 e. The molecule has 0 saturated carbocycles. The highest BCUT2D eigenvalue weighted by molar-refractivity contribution is 5.87. The molecule has 0 aromatic carbocycles. The molecule has 0 fully saturated rings. The molecule has 0 aliphatic carbocycles. The van der Waals surface area contributed by atoms with Crippen LogP contribution in [0.5, 0.6) is 0 Å². The maximum Gasteiger partial charge on any atom is 0.338 e. The molecule has 0 atom stereocenters. The van der Waals surface area contributed by atoms with Crippen molar-refractivity contribution < 1.29 is 14.8 Å². The Morgan fingerprint density at radius 3 is 2.60 bits per heavy atom. The van der Waals surface area contributed by atoms with E-state index in [2.05, 4.69) is 10.2 Å². The summed E-state index contributed by atoms with van der Waals surface area (Å²) >= 11 is 0. The first-order valence-electron chi connectivity index (χ1n) is 5.82. The first-order valence-corrected chi connectivity index (χ1v) is 5.82. The lowest BCUT2D eigenvalue weighted by atomic mass is 10.1. The summed E-state index contributed by atoms with van der Waals surface area (Å²) in [5.74, 6) is -1.15. The minimum atomic E-state index is -1.15. The number of hydrogen-bond acceptors (Lipinski definition) is 5. The van der Waals surface area contributed by atoms with Crippen molar-refractivity contribution in [1.82, 2.24) is 19.6 Å². The molecule has 0 radical (unpaired) electrons. The zero-order valence-corrected chi connectivity index (χ0v) is 11.1. The van der Waals surface area contributed by atoms with E-state index in [9.17, 15) is 14.9 Å². The number of hydrogen-bond donors (Lipinski definition) is 1. The van der Waals surface area contributed by atoms with Crippen LogP contribution in [0.15, 0.2) is 12.4 Å². The van der Waals surface area contributed by atoms with E-state index in [0.717, 1.165) is 10.9 Å². The Morgan fingerprint density at radius 1 is 1.50 bits per heavy atom. The van der Waals surface area contributed by atoms with E-state index in [1.165, 1.54) is 10.9 Å². The monoisotopic (exact) mass is 279 g/mol. The van der Waals surface area contributed by atoms with E-state index in [1.807, 2.05) is 0 Å². The molecule has 106 valence electrons. The van der Waals surface area contributed by atoms with Crippen molar-refractivity contribution in [2.45, 2.75) is 19.8 Å². The Balaban J connectivity index is 2.66. The largest absolute Gasteiger partial charge is 0.478 e. The summed E-state index contributed by atoms with van der Waals surface area (Å²) in [6.07, 6.45) is 2.35. The maximum absolute atomic E-state index is 11.3. The third kappa shape index (κ3) is 2.13. The second-order valence-corrected chi connectivity index (χ2v) is 4.57. The highest BCUT2D eigenvalue weighted by Crippen LogP contribution is 2.31. The molecule has 0 saturated heterocycles. The van der Waals surface area contributed by atoms with Gasteiger partial charge in [0.2, 0.25) is 5.82 Å². The second kappa shape index (κ2) is 4.76. The van der Waals surface area contributed by atoms with Gasteiger partial charge in [-0.2, -0.15) is 10.2 Å². The first kappa shape index (κ1) is 13.7. The number of aromatic nitrogens is 4. The van der Waals surface area contributed by atoms with Crippen LogP contribution >= 0.6 is 0 Å². The molecule has 0 aliphatic heterocycles. The number of carboxylic acid groups (broad SMARTS) is 1. The lowest BCUT2D eigenvalue weighted by molar-refractivity contribution is -0.385.